The molecule has 1 unspecified atom stereocenters. The number of unbranched alkanes of at least 4 members (excludes halogenated alkanes) is 2. The van der Waals surface area contributed by atoms with Crippen LogP contribution in [0.3, 0.4) is 0 Å². The molecule has 0 saturated heterocycles. The van der Waals surface area contributed by atoms with Crippen LogP contribution in [0.4, 0.5) is 8.78 Å². The number of esters is 2. The van der Waals surface area contributed by atoms with Gasteiger partial charge in [0.15, 0.2) is 18.1 Å². The largest absolute Gasteiger partial charge is 0.493 e. The van der Waals surface area contributed by atoms with Crippen LogP contribution in [-0.2, 0) is 24.0 Å². The van der Waals surface area contributed by atoms with E-state index in [0.717, 1.165) is 31.8 Å². The van der Waals surface area contributed by atoms with Crippen molar-refractivity contribution in [2.45, 2.75) is 90.5 Å². The second-order valence-corrected chi connectivity index (χ2v) is 12.1. The molecule has 0 heterocycles. The summed E-state index contributed by atoms with van der Waals surface area (Å²) in [6.07, 6.45) is 19.1. The number of methoxy groups -OCH3 is 1. The number of hydrogen-bond donors (Lipinski definition) is 1. The highest BCUT2D eigenvalue weighted by Gasteiger charge is 2.27. The summed E-state index contributed by atoms with van der Waals surface area (Å²) >= 11 is 0. The Morgan fingerprint density at radius 1 is 1.07 bits per heavy atom. The monoisotopic (exact) mass is 760 g/mol. The average Bonchev–Trinajstić information content (AvgIpc) is 3.69. The quantitative estimate of drug-likeness (QED) is 0.0249. The van der Waals surface area contributed by atoms with Crippen molar-refractivity contribution in [3.63, 3.8) is 0 Å². The lowest BCUT2D eigenvalue weighted by Crippen LogP contribution is -2.36. The van der Waals surface area contributed by atoms with E-state index < -0.39 is 35.6 Å². The fourth-order valence-electron chi connectivity index (χ4n) is 4.65. The van der Waals surface area contributed by atoms with Gasteiger partial charge in [-0.3, -0.25) is 9.59 Å². The summed E-state index contributed by atoms with van der Waals surface area (Å²) in [5, 5.41) is 11.3. The predicted octanol–water partition coefficient (Wildman–Crippen LogP) is 8.48. The summed E-state index contributed by atoms with van der Waals surface area (Å²) in [6.45, 7) is 5.01. The van der Waals surface area contributed by atoms with E-state index in [4.69, 9.17) is 18.9 Å². The number of nitrogens with one attached hydrogen (secondary N) is 1. The number of alkyl halides is 2. The molecule has 1 fully saturated rings. The maximum absolute atomic E-state index is 13.6. The predicted molar refractivity (Wildman–Crippen MR) is 202 cm³/mol. The van der Waals surface area contributed by atoms with Crippen molar-refractivity contribution < 1.29 is 52.0 Å². The fraction of sp³-hybridized carbons (Fsp3) is 0.475. The van der Waals surface area contributed by atoms with Gasteiger partial charge in [-0.25, -0.2) is 4.79 Å². The molecular weight excluding hydrogens is 706 g/mol. The van der Waals surface area contributed by atoms with E-state index in [1.165, 1.54) is 39.4 Å². The van der Waals surface area contributed by atoms with Crippen LogP contribution >= 0.6 is 0 Å². The van der Waals surface area contributed by atoms with Gasteiger partial charge in [0.05, 0.1) is 13.7 Å². The van der Waals surface area contributed by atoms with Crippen LogP contribution in [0.15, 0.2) is 78.9 Å². The number of para-hydroxylation sites is 1. The summed E-state index contributed by atoms with van der Waals surface area (Å²) in [6, 6.07) is 12.7. The molecule has 54 heavy (non-hydrogen) atoms. The lowest BCUT2D eigenvalue weighted by atomic mass is 10.1. The molecule has 1 aliphatic rings. The van der Waals surface area contributed by atoms with Crippen molar-refractivity contribution in [1.82, 2.24) is 5.32 Å². The molecule has 0 spiro atoms. The SMILES string of the molecule is C/C=C\CCCC.COc1cc(/C=C/COC(=O)CCCO[N+](=O)[O-])ccc1OC(=O)C(C)NC=O.FC(F)(/C=C/C1CCCC1)COc1ccccc1. The third-order valence-corrected chi connectivity index (χ3v) is 7.59. The van der Waals surface area contributed by atoms with Gasteiger partial charge in [0, 0.05) is 6.42 Å². The van der Waals surface area contributed by atoms with Crippen LogP contribution in [0, 0.1) is 16.0 Å². The van der Waals surface area contributed by atoms with Gasteiger partial charge in [-0.05, 0) is 87.4 Å². The van der Waals surface area contributed by atoms with Crippen molar-refractivity contribution >= 4 is 24.4 Å². The van der Waals surface area contributed by atoms with Crippen molar-refractivity contribution in [3.8, 4) is 17.2 Å². The standard InChI is InChI=1S/C18H22N2O9.C15H18F2O.C7H14/c1-13(19-12-21)18(23)29-15-8-7-14(11-16(15)26-2)5-3-9-27-17(22)6-4-10-28-20(24)25;16-15(17,11-10-13-6-4-5-7-13)12-18-14-8-2-1-3-9-14;1-3-5-7-6-4-2/h3,5,7-8,11-13H,4,6,9-10H2,1-2H3,(H,19,21);1-3,8-11,13H,4-7,12H2;3,5H,4,6-7H2,1-2H3/b5-3+;11-10+;5-3-. The number of carbonyl (C=O) groups is 3. The molecule has 2 aromatic carbocycles. The molecule has 1 saturated carbocycles. The first-order valence-electron chi connectivity index (χ1n) is 18.0. The molecule has 14 heteroatoms. The number of halogens is 2. The number of nitrogens with zero attached hydrogens (tertiary/aromatic N) is 1. The Hall–Kier alpha value is -5.27. The second-order valence-electron chi connectivity index (χ2n) is 12.1. The summed E-state index contributed by atoms with van der Waals surface area (Å²) in [5.74, 6) is -2.73. The van der Waals surface area contributed by atoms with Gasteiger partial charge in [0.2, 0.25) is 6.41 Å². The minimum absolute atomic E-state index is 0.00690. The van der Waals surface area contributed by atoms with Gasteiger partial charge < -0.3 is 29.1 Å². The molecule has 3 rings (SSSR count). The van der Waals surface area contributed by atoms with Crippen LogP contribution in [0.2, 0.25) is 0 Å². The summed E-state index contributed by atoms with van der Waals surface area (Å²) in [7, 11) is 1.41. The topological polar surface area (TPSA) is 153 Å². The minimum Gasteiger partial charge on any atom is -0.493 e. The van der Waals surface area contributed by atoms with E-state index in [0.29, 0.717) is 29.4 Å². The number of allylic oxidation sites excluding steroid dienone is 3. The van der Waals surface area contributed by atoms with E-state index in [2.05, 4.69) is 36.2 Å². The Bertz CT molecular complexity index is 1460. The third-order valence-electron chi connectivity index (χ3n) is 7.59. The van der Waals surface area contributed by atoms with Gasteiger partial charge in [0.1, 0.15) is 18.4 Å². The molecule has 298 valence electrons. The molecule has 0 aromatic heterocycles. The van der Waals surface area contributed by atoms with Crippen molar-refractivity contribution in [2.24, 2.45) is 5.92 Å². The van der Waals surface area contributed by atoms with Crippen molar-refractivity contribution in [3.05, 3.63) is 94.6 Å². The molecule has 1 amide bonds. The molecular formula is C40H54F2N2O10. The highest BCUT2D eigenvalue weighted by molar-refractivity contribution is 5.80. The van der Waals surface area contributed by atoms with Gasteiger partial charge in [-0.15, -0.1) is 10.1 Å². The minimum atomic E-state index is -2.89. The molecule has 0 bridgehead atoms. The molecule has 0 aliphatic heterocycles. The summed E-state index contributed by atoms with van der Waals surface area (Å²) in [4.78, 5) is 47.8. The van der Waals surface area contributed by atoms with Crippen molar-refractivity contribution in [1.29, 1.82) is 0 Å². The fourth-order valence-corrected chi connectivity index (χ4v) is 4.65. The zero-order valence-electron chi connectivity index (χ0n) is 31.6. The lowest BCUT2D eigenvalue weighted by Gasteiger charge is -2.14. The highest BCUT2D eigenvalue weighted by atomic mass is 19.3. The van der Waals surface area contributed by atoms with Gasteiger partial charge in [-0.1, -0.05) is 81.2 Å². The maximum atomic E-state index is 13.6. The van der Waals surface area contributed by atoms with Gasteiger partial charge >= 0.3 is 11.9 Å². The van der Waals surface area contributed by atoms with Crippen LogP contribution in [0.1, 0.15) is 84.1 Å². The zero-order valence-corrected chi connectivity index (χ0v) is 31.6. The first kappa shape index (κ1) is 46.8. The smallest absolute Gasteiger partial charge is 0.333 e. The Kier molecular flexibility index (Phi) is 24.5. The number of carbonyl (C=O) groups excluding carboxylic acids is 3. The zero-order chi connectivity index (χ0) is 40.0. The molecule has 1 atom stereocenters. The second kappa shape index (κ2) is 28.3. The third kappa shape index (κ3) is 22.6. The van der Waals surface area contributed by atoms with E-state index in [9.17, 15) is 33.3 Å². The molecule has 1 N–H and O–H groups in total. The van der Waals surface area contributed by atoms with Crippen molar-refractivity contribution in [2.75, 3.05) is 26.9 Å². The highest BCUT2D eigenvalue weighted by Crippen LogP contribution is 2.29. The van der Waals surface area contributed by atoms with E-state index >= 15 is 0 Å². The van der Waals surface area contributed by atoms with E-state index in [-0.39, 0.29) is 31.8 Å². The van der Waals surface area contributed by atoms with Gasteiger partial charge in [-0.2, -0.15) is 8.78 Å². The summed E-state index contributed by atoms with van der Waals surface area (Å²) < 4.78 is 47.5. The number of hydrogen-bond acceptors (Lipinski definition) is 10. The Labute approximate surface area is 316 Å². The summed E-state index contributed by atoms with van der Waals surface area (Å²) in [5.41, 5.74) is 0.705. The number of rotatable bonds is 21. The number of benzene rings is 2. The van der Waals surface area contributed by atoms with Crippen LogP contribution in [-0.4, -0.2) is 62.3 Å². The van der Waals surface area contributed by atoms with Crippen LogP contribution < -0.4 is 19.5 Å². The maximum Gasteiger partial charge on any atom is 0.333 e. The van der Waals surface area contributed by atoms with E-state index in [1.54, 1.807) is 54.6 Å². The number of ether oxygens (including phenoxy) is 4. The molecule has 12 nitrogen and oxygen atoms in total. The Morgan fingerprint density at radius 3 is 2.43 bits per heavy atom. The average molecular weight is 761 g/mol. The van der Waals surface area contributed by atoms with Crippen LogP contribution in [0.5, 0.6) is 17.2 Å². The Balaban J connectivity index is 0.000000490. The Morgan fingerprint density at radius 2 is 1.80 bits per heavy atom. The molecule has 0 radical (unpaired) electrons. The van der Waals surface area contributed by atoms with E-state index in [1.807, 2.05) is 6.07 Å². The lowest BCUT2D eigenvalue weighted by molar-refractivity contribution is -0.757. The molecule has 1 aliphatic carbocycles. The molecule has 2 aromatic rings. The number of amides is 1. The first-order chi connectivity index (χ1) is 25.9. The normalized spacial score (nSPS) is 13.3. The van der Waals surface area contributed by atoms with Gasteiger partial charge in [0.25, 0.3) is 11.0 Å². The van der Waals surface area contributed by atoms with Crippen LogP contribution in [0.25, 0.3) is 6.08 Å². The first-order valence-corrected chi connectivity index (χ1v) is 18.0.